The van der Waals surface area contributed by atoms with Gasteiger partial charge in [-0.25, -0.2) is 0 Å². The van der Waals surface area contributed by atoms with Crippen LogP contribution < -0.4 is 10.1 Å². The average molecular weight is 325 g/mol. The van der Waals surface area contributed by atoms with E-state index in [2.05, 4.69) is 10.3 Å². The summed E-state index contributed by atoms with van der Waals surface area (Å²) in [7, 11) is 0. The number of ether oxygens (including phenoxy) is 1. The molecule has 1 N–H and O–H groups in total. The van der Waals surface area contributed by atoms with Crippen LogP contribution in [-0.4, -0.2) is 17.0 Å². The molecule has 0 radical (unpaired) electrons. The summed E-state index contributed by atoms with van der Waals surface area (Å²) in [6.45, 7) is 2.04. The van der Waals surface area contributed by atoms with Crippen LogP contribution in [0.2, 0.25) is 10.0 Å². The molecule has 1 heterocycles. The first-order chi connectivity index (χ1) is 10.1. The minimum atomic E-state index is -0.683. The molecule has 1 aromatic heterocycles. The fourth-order valence-corrected chi connectivity index (χ4v) is 1.97. The summed E-state index contributed by atoms with van der Waals surface area (Å²) < 4.78 is 5.53. The van der Waals surface area contributed by atoms with E-state index in [1.54, 1.807) is 37.5 Å². The van der Waals surface area contributed by atoms with E-state index in [1.165, 1.54) is 0 Å². The molecule has 21 heavy (non-hydrogen) atoms. The first-order valence-corrected chi connectivity index (χ1v) is 7.10. The molecule has 0 aliphatic heterocycles. The van der Waals surface area contributed by atoms with E-state index in [0.29, 0.717) is 22.3 Å². The molecule has 0 spiro atoms. The van der Waals surface area contributed by atoms with Crippen molar-refractivity contribution in [1.82, 2.24) is 10.3 Å². The van der Waals surface area contributed by atoms with Gasteiger partial charge in [0.05, 0.1) is 5.02 Å². The molecule has 0 fully saturated rings. The number of carbonyl (C=O) groups is 1. The van der Waals surface area contributed by atoms with Gasteiger partial charge in [-0.05, 0) is 30.7 Å². The molecule has 0 saturated heterocycles. The van der Waals surface area contributed by atoms with Gasteiger partial charge in [0.15, 0.2) is 6.10 Å². The Labute approximate surface area is 133 Å². The van der Waals surface area contributed by atoms with Crippen LogP contribution in [0.25, 0.3) is 0 Å². The molecule has 1 atom stereocenters. The molecule has 0 saturated carbocycles. The van der Waals surface area contributed by atoms with Crippen LogP contribution in [0.1, 0.15) is 12.5 Å². The zero-order valence-corrected chi connectivity index (χ0v) is 12.9. The molecule has 110 valence electrons. The first kappa shape index (κ1) is 15.6. The fourth-order valence-electron chi connectivity index (χ4n) is 1.65. The summed E-state index contributed by atoms with van der Waals surface area (Å²) in [6, 6.07) is 8.55. The summed E-state index contributed by atoms with van der Waals surface area (Å²) in [5, 5.41) is 3.68. The van der Waals surface area contributed by atoms with Gasteiger partial charge in [0.1, 0.15) is 5.75 Å². The minimum absolute atomic E-state index is 0.241. The molecule has 4 nitrogen and oxygen atoms in total. The van der Waals surface area contributed by atoms with Crippen LogP contribution >= 0.6 is 23.2 Å². The smallest absolute Gasteiger partial charge is 0.261 e. The zero-order chi connectivity index (χ0) is 15.2. The van der Waals surface area contributed by atoms with Gasteiger partial charge in [-0.2, -0.15) is 0 Å². The van der Waals surface area contributed by atoms with Gasteiger partial charge in [0.25, 0.3) is 5.91 Å². The van der Waals surface area contributed by atoms with Crippen LogP contribution in [0.5, 0.6) is 5.75 Å². The number of benzene rings is 1. The summed E-state index contributed by atoms with van der Waals surface area (Å²) in [5.41, 5.74) is 0.916. The molecule has 1 amide bonds. The van der Waals surface area contributed by atoms with Gasteiger partial charge in [-0.3, -0.25) is 9.78 Å². The third-order valence-corrected chi connectivity index (χ3v) is 3.30. The Balaban J connectivity index is 1.92. The predicted molar refractivity (Wildman–Crippen MR) is 82.6 cm³/mol. The molecule has 1 aromatic carbocycles. The van der Waals surface area contributed by atoms with Crippen LogP contribution in [0.15, 0.2) is 42.7 Å². The van der Waals surface area contributed by atoms with Crippen molar-refractivity contribution in [2.24, 2.45) is 0 Å². The second-order valence-electron chi connectivity index (χ2n) is 4.41. The molecular weight excluding hydrogens is 311 g/mol. The van der Waals surface area contributed by atoms with Gasteiger partial charge in [0, 0.05) is 30.0 Å². The molecule has 2 rings (SSSR count). The maximum atomic E-state index is 12.0. The van der Waals surface area contributed by atoms with Crippen LogP contribution in [0.4, 0.5) is 0 Å². The molecule has 0 bridgehead atoms. The third kappa shape index (κ3) is 4.62. The number of rotatable bonds is 5. The molecule has 2 aromatic rings. The predicted octanol–water partition coefficient (Wildman–Crippen LogP) is 3.47. The quantitative estimate of drug-likeness (QED) is 0.916. The Morgan fingerprint density at radius 3 is 2.90 bits per heavy atom. The highest BCUT2D eigenvalue weighted by Crippen LogP contribution is 2.28. The van der Waals surface area contributed by atoms with E-state index in [9.17, 15) is 4.79 Å². The second kappa shape index (κ2) is 7.29. The van der Waals surface area contributed by atoms with Crippen LogP contribution in [0, 0.1) is 0 Å². The number of amides is 1. The van der Waals surface area contributed by atoms with Gasteiger partial charge >= 0.3 is 0 Å². The topological polar surface area (TPSA) is 51.2 Å². The lowest BCUT2D eigenvalue weighted by Crippen LogP contribution is -2.35. The lowest BCUT2D eigenvalue weighted by molar-refractivity contribution is -0.127. The zero-order valence-electron chi connectivity index (χ0n) is 11.3. The summed E-state index contributed by atoms with van der Waals surface area (Å²) in [4.78, 5) is 16.0. The number of halogens is 2. The first-order valence-electron chi connectivity index (χ1n) is 6.34. The number of carbonyl (C=O) groups excluding carboxylic acids is 1. The van der Waals surface area contributed by atoms with Crippen molar-refractivity contribution >= 4 is 29.1 Å². The van der Waals surface area contributed by atoms with E-state index in [4.69, 9.17) is 27.9 Å². The number of hydrogen-bond donors (Lipinski definition) is 1. The highest BCUT2D eigenvalue weighted by atomic mass is 35.5. The number of nitrogens with zero attached hydrogens (tertiary/aromatic N) is 1. The van der Waals surface area contributed by atoms with Gasteiger partial charge < -0.3 is 10.1 Å². The van der Waals surface area contributed by atoms with Crippen molar-refractivity contribution in [1.29, 1.82) is 0 Å². The minimum Gasteiger partial charge on any atom is -0.479 e. The lowest BCUT2D eigenvalue weighted by atomic mass is 10.2. The van der Waals surface area contributed by atoms with Crippen molar-refractivity contribution < 1.29 is 9.53 Å². The molecule has 1 unspecified atom stereocenters. The highest BCUT2D eigenvalue weighted by molar-refractivity contribution is 6.34. The van der Waals surface area contributed by atoms with Crippen molar-refractivity contribution in [3.8, 4) is 5.75 Å². The molecule has 6 heteroatoms. The summed E-state index contributed by atoms with van der Waals surface area (Å²) >= 11 is 11.9. The monoisotopic (exact) mass is 324 g/mol. The number of nitrogens with one attached hydrogen (secondary N) is 1. The Morgan fingerprint density at radius 2 is 2.19 bits per heavy atom. The second-order valence-corrected chi connectivity index (χ2v) is 5.26. The Hall–Kier alpha value is -1.78. The number of pyridine rings is 1. The summed E-state index contributed by atoms with van der Waals surface area (Å²) in [6.07, 6.45) is 2.69. The van der Waals surface area contributed by atoms with E-state index in [0.717, 1.165) is 5.56 Å². The molecule has 0 aliphatic carbocycles. The maximum absolute atomic E-state index is 12.0. The van der Waals surface area contributed by atoms with E-state index in [-0.39, 0.29) is 5.91 Å². The number of hydrogen-bond acceptors (Lipinski definition) is 3. The molecular formula is C15H14Cl2N2O2. The van der Waals surface area contributed by atoms with Crippen LogP contribution in [-0.2, 0) is 11.3 Å². The molecule has 0 aliphatic rings. The number of aromatic nitrogens is 1. The normalized spacial score (nSPS) is 11.8. The Morgan fingerprint density at radius 1 is 1.38 bits per heavy atom. The van der Waals surface area contributed by atoms with Gasteiger partial charge in [-0.1, -0.05) is 29.3 Å². The van der Waals surface area contributed by atoms with E-state index in [1.807, 2.05) is 12.1 Å². The van der Waals surface area contributed by atoms with Gasteiger partial charge in [0.2, 0.25) is 0 Å². The van der Waals surface area contributed by atoms with Crippen molar-refractivity contribution in [3.05, 3.63) is 58.3 Å². The van der Waals surface area contributed by atoms with Crippen molar-refractivity contribution in [2.45, 2.75) is 19.6 Å². The van der Waals surface area contributed by atoms with Crippen LogP contribution in [0.3, 0.4) is 0 Å². The highest BCUT2D eigenvalue weighted by Gasteiger charge is 2.16. The average Bonchev–Trinajstić information content (AvgIpc) is 2.49. The standard InChI is InChI=1S/C15H14Cl2N2O2/c1-10(21-14-7-12(16)4-5-13(14)17)15(20)19-9-11-3-2-6-18-8-11/h2-8,10H,9H2,1H3,(H,19,20). The van der Waals surface area contributed by atoms with Crippen molar-refractivity contribution in [3.63, 3.8) is 0 Å². The Bertz CT molecular complexity index is 620. The lowest BCUT2D eigenvalue weighted by Gasteiger charge is -2.15. The maximum Gasteiger partial charge on any atom is 0.261 e. The SMILES string of the molecule is CC(Oc1cc(Cl)ccc1Cl)C(=O)NCc1cccnc1. The largest absolute Gasteiger partial charge is 0.479 e. The summed E-state index contributed by atoms with van der Waals surface area (Å²) in [5.74, 6) is 0.142. The van der Waals surface area contributed by atoms with E-state index < -0.39 is 6.10 Å². The van der Waals surface area contributed by atoms with Crippen molar-refractivity contribution in [2.75, 3.05) is 0 Å². The Kier molecular flexibility index (Phi) is 5.42. The third-order valence-electron chi connectivity index (χ3n) is 2.76. The van der Waals surface area contributed by atoms with Gasteiger partial charge in [-0.15, -0.1) is 0 Å². The van der Waals surface area contributed by atoms with E-state index >= 15 is 0 Å². The fraction of sp³-hybridized carbons (Fsp3) is 0.200.